The van der Waals surface area contributed by atoms with Gasteiger partial charge < -0.3 is 9.15 Å². The lowest BCUT2D eigenvalue weighted by molar-refractivity contribution is 0.101. The monoisotopic (exact) mass is 279 g/mol. The third-order valence-corrected chi connectivity index (χ3v) is 2.79. The smallest absolute Gasteiger partial charge is 0.238 e. The second kappa shape index (κ2) is 6.92. The first kappa shape index (κ1) is 14.4. The summed E-state index contributed by atoms with van der Waals surface area (Å²) in [4.78, 5) is 12.0. The lowest BCUT2D eigenvalue weighted by atomic mass is 10.1. The van der Waals surface area contributed by atoms with Gasteiger partial charge in [0.1, 0.15) is 17.4 Å². The lowest BCUT2D eigenvalue weighted by Gasteiger charge is -2.02. The van der Waals surface area contributed by atoms with Gasteiger partial charge in [-0.05, 0) is 24.3 Å². The Morgan fingerprint density at radius 2 is 2.10 bits per heavy atom. The number of nitrogens with zero attached hydrogens (tertiary/aromatic N) is 1. The highest BCUT2D eigenvalue weighted by molar-refractivity contribution is 6.09. The summed E-state index contributed by atoms with van der Waals surface area (Å²) >= 11 is 0. The Labute approximate surface area is 122 Å². The van der Waals surface area contributed by atoms with E-state index in [1.54, 1.807) is 25.3 Å². The van der Waals surface area contributed by atoms with Crippen molar-refractivity contribution in [1.29, 1.82) is 5.26 Å². The molecule has 4 heteroatoms. The molecule has 4 nitrogen and oxygen atoms in total. The number of nitriles is 1. The Morgan fingerprint density at radius 1 is 1.29 bits per heavy atom. The van der Waals surface area contributed by atoms with Crippen LogP contribution in [0.1, 0.15) is 16.1 Å². The Morgan fingerprint density at radius 3 is 2.76 bits per heavy atom. The summed E-state index contributed by atoms with van der Waals surface area (Å²) in [7, 11) is 1.59. The minimum absolute atomic E-state index is 0.0103. The van der Waals surface area contributed by atoms with E-state index in [9.17, 15) is 4.79 Å². The van der Waals surface area contributed by atoms with E-state index >= 15 is 0 Å². The number of furan rings is 1. The Kier molecular flexibility index (Phi) is 4.73. The summed E-state index contributed by atoms with van der Waals surface area (Å²) in [5, 5.41) is 9.05. The van der Waals surface area contributed by atoms with Gasteiger partial charge in [-0.15, -0.1) is 0 Å². The van der Waals surface area contributed by atoms with E-state index in [0.717, 1.165) is 11.3 Å². The molecule has 0 aliphatic rings. The van der Waals surface area contributed by atoms with Gasteiger partial charge in [0.25, 0.3) is 0 Å². The van der Waals surface area contributed by atoms with E-state index in [1.165, 1.54) is 18.4 Å². The lowest BCUT2D eigenvalue weighted by Crippen LogP contribution is -1.99. The number of hydrogen-bond acceptors (Lipinski definition) is 4. The second-order valence-corrected chi connectivity index (χ2v) is 4.10. The van der Waals surface area contributed by atoms with Gasteiger partial charge in [-0.2, -0.15) is 5.26 Å². The predicted molar refractivity (Wildman–Crippen MR) is 78.8 cm³/mol. The van der Waals surface area contributed by atoms with E-state index in [1.807, 2.05) is 30.3 Å². The van der Waals surface area contributed by atoms with Crippen molar-refractivity contribution in [2.75, 3.05) is 7.11 Å². The molecule has 0 amide bonds. The van der Waals surface area contributed by atoms with Crippen molar-refractivity contribution in [3.63, 3.8) is 0 Å². The Bertz CT molecular complexity index is 719. The number of methoxy groups -OCH3 is 1. The molecule has 0 fully saturated rings. The minimum Gasteiger partial charge on any atom is -0.496 e. The molecule has 0 N–H and O–H groups in total. The maximum atomic E-state index is 12.0. The zero-order valence-electron chi connectivity index (χ0n) is 11.4. The molecular formula is C17H13NO3. The number of benzene rings is 1. The van der Waals surface area contributed by atoms with Crippen molar-refractivity contribution in [2.45, 2.75) is 0 Å². The van der Waals surface area contributed by atoms with Gasteiger partial charge in [0.2, 0.25) is 5.78 Å². The van der Waals surface area contributed by atoms with Gasteiger partial charge >= 0.3 is 0 Å². The molecule has 1 aromatic heterocycles. The molecule has 0 unspecified atom stereocenters. The van der Waals surface area contributed by atoms with E-state index in [-0.39, 0.29) is 11.3 Å². The average molecular weight is 279 g/mol. The number of carbonyl (C=O) groups is 1. The SMILES string of the molecule is COc1ccccc1/C=C/C=C(\C#N)C(=O)c1ccco1. The number of ether oxygens (including phenoxy) is 1. The highest BCUT2D eigenvalue weighted by Gasteiger charge is 2.13. The fourth-order valence-corrected chi connectivity index (χ4v) is 1.76. The molecule has 0 saturated heterocycles. The number of allylic oxidation sites excluding steroid dienone is 3. The molecule has 2 aromatic rings. The number of hydrogen-bond donors (Lipinski definition) is 0. The molecule has 0 spiro atoms. The maximum absolute atomic E-state index is 12.0. The summed E-state index contributed by atoms with van der Waals surface area (Å²) in [6, 6.07) is 12.5. The molecule has 104 valence electrons. The zero-order valence-corrected chi connectivity index (χ0v) is 11.4. The number of para-hydroxylation sites is 1. The summed E-state index contributed by atoms with van der Waals surface area (Å²) in [6.45, 7) is 0. The van der Waals surface area contributed by atoms with Crippen molar-refractivity contribution in [3.8, 4) is 11.8 Å². The summed E-state index contributed by atoms with van der Waals surface area (Å²) in [5.74, 6) is 0.429. The zero-order chi connectivity index (χ0) is 15.1. The Hall–Kier alpha value is -3.06. The third kappa shape index (κ3) is 3.48. The first-order valence-corrected chi connectivity index (χ1v) is 6.26. The third-order valence-electron chi connectivity index (χ3n) is 2.79. The van der Waals surface area contributed by atoms with Crippen LogP contribution in [0.25, 0.3) is 6.08 Å². The molecule has 1 aromatic carbocycles. The largest absolute Gasteiger partial charge is 0.496 e. The first-order chi connectivity index (χ1) is 10.3. The van der Waals surface area contributed by atoms with Gasteiger partial charge in [-0.1, -0.05) is 30.4 Å². The molecule has 0 aliphatic heterocycles. The van der Waals surface area contributed by atoms with E-state index in [2.05, 4.69) is 0 Å². The first-order valence-electron chi connectivity index (χ1n) is 6.26. The summed E-state index contributed by atoms with van der Waals surface area (Å²) in [5.41, 5.74) is 0.870. The van der Waals surface area contributed by atoms with Crippen LogP contribution in [0.15, 0.2) is 64.8 Å². The van der Waals surface area contributed by atoms with Crippen LogP contribution in [0, 0.1) is 11.3 Å². The van der Waals surface area contributed by atoms with Gasteiger partial charge in [-0.25, -0.2) is 0 Å². The van der Waals surface area contributed by atoms with E-state index < -0.39 is 5.78 Å². The van der Waals surface area contributed by atoms with Crippen LogP contribution in [0.4, 0.5) is 0 Å². The molecule has 1 heterocycles. The quantitative estimate of drug-likeness (QED) is 0.363. The molecule has 0 atom stereocenters. The molecule has 0 aliphatic carbocycles. The van der Waals surface area contributed by atoms with Crippen LogP contribution in [-0.2, 0) is 0 Å². The van der Waals surface area contributed by atoms with Crippen molar-refractivity contribution < 1.29 is 13.9 Å². The van der Waals surface area contributed by atoms with Gasteiger partial charge in [0, 0.05) is 5.56 Å². The van der Waals surface area contributed by atoms with Crippen LogP contribution in [0.3, 0.4) is 0 Å². The number of Topliss-reactive ketones (excluding diaryl/α,β-unsaturated/α-hetero) is 1. The van der Waals surface area contributed by atoms with E-state index in [4.69, 9.17) is 14.4 Å². The van der Waals surface area contributed by atoms with Crippen molar-refractivity contribution >= 4 is 11.9 Å². The fraction of sp³-hybridized carbons (Fsp3) is 0.0588. The minimum atomic E-state index is -0.438. The van der Waals surface area contributed by atoms with E-state index in [0.29, 0.717) is 0 Å². The summed E-state index contributed by atoms with van der Waals surface area (Å²) in [6.07, 6.45) is 6.26. The predicted octanol–water partition coefficient (Wildman–Crippen LogP) is 3.63. The number of carbonyl (C=O) groups excluding carboxylic acids is 1. The normalized spacial score (nSPS) is 11.3. The van der Waals surface area contributed by atoms with Crippen LogP contribution >= 0.6 is 0 Å². The topological polar surface area (TPSA) is 63.2 Å². The molecule has 0 bridgehead atoms. The van der Waals surface area contributed by atoms with Gasteiger partial charge in [-0.3, -0.25) is 4.79 Å². The maximum Gasteiger partial charge on any atom is 0.238 e. The molecule has 0 saturated carbocycles. The standard InChI is InChI=1S/C17H13NO3/c1-20-15-9-3-2-6-13(15)7-4-8-14(12-18)17(19)16-10-5-11-21-16/h2-11H,1H3/b7-4+,14-8+. The van der Waals surface area contributed by atoms with Crippen LogP contribution in [-0.4, -0.2) is 12.9 Å². The molecule has 21 heavy (non-hydrogen) atoms. The number of ketones is 1. The molecule has 0 radical (unpaired) electrons. The van der Waals surface area contributed by atoms with Crippen LogP contribution in [0.2, 0.25) is 0 Å². The second-order valence-electron chi connectivity index (χ2n) is 4.10. The molecule has 2 rings (SSSR count). The highest BCUT2D eigenvalue weighted by atomic mass is 16.5. The Balaban J connectivity index is 2.20. The number of rotatable bonds is 5. The molecular weight excluding hydrogens is 266 g/mol. The van der Waals surface area contributed by atoms with Crippen LogP contribution < -0.4 is 4.74 Å². The van der Waals surface area contributed by atoms with Gasteiger partial charge in [0.05, 0.1) is 13.4 Å². The highest BCUT2D eigenvalue weighted by Crippen LogP contribution is 2.19. The average Bonchev–Trinajstić information content (AvgIpc) is 3.05. The van der Waals surface area contributed by atoms with Crippen molar-refractivity contribution in [1.82, 2.24) is 0 Å². The van der Waals surface area contributed by atoms with Gasteiger partial charge in [0.15, 0.2) is 5.76 Å². The van der Waals surface area contributed by atoms with Crippen molar-refractivity contribution in [2.24, 2.45) is 0 Å². The van der Waals surface area contributed by atoms with Crippen LogP contribution in [0.5, 0.6) is 5.75 Å². The van der Waals surface area contributed by atoms with Crippen molar-refractivity contribution in [3.05, 3.63) is 71.7 Å². The summed E-state index contributed by atoms with van der Waals surface area (Å²) < 4.78 is 10.2. The fourth-order valence-electron chi connectivity index (χ4n) is 1.76.